The molecule has 1 N–H and O–H groups in total. The number of aromatic nitrogens is 2. The van der Waals surface area contributed by atoms with Gasteiger partial charge in [-0.3, -0.25) is 4.68 Å². The van der Waals surface area contributed by atoms with Gasteiger partial charge in [-0.25, -0.2) is 0 Å². The van der Waals surface area contributed by atoms with Crippen molar-refractivity contribution in [2.45, 2.75) is 39.9 Å². The number of hydrogen-bond donors (Lipinski definition) is 1. The van der Waals surface area contributed by atoms with Gasteiger partial charge in [0.2, 0.25) is 0 Å². The van der Waals surface area contributed by atoms with Gasteiger partial charge in [0.05, 0.1) is 6.20 Å². The molecule has 2 rings (SSSR count). The van der Waals surface area contributed by atoms with Gasteiger partial charge in [-0.05, 0) is 26.3 Å². The van der Waals surface area contributed by atoms with Crippen LogP contribution < -0.4 is 5.32 Å². The van der Waals surface area contributed by atoms with E-state index in [1.807, 2.05) is 10.9 Å². The second kappa shape index (κ2) is 5.83. The van der Waals surface area contributed by atoms with Crippen LogP contribution in [0.3, 0.4) is 0 Å². The van der Waals surface area contributed by atoms with Crippen LogP contribution in [-0.2, 0) is 13.1 Å². The molecule has 1 atom stereocenters. The number of rotatable bonds is 5. The molecule has 1 aromatic carbocycles. The Labute approximate surface area is 109 Å². The van der Waals surface area contributed by atoms with Crippen molar-refractivity contribution in [2.75, 3.05) is 0 Å². The summed E-state index contributed by atoms with van der Waals surface area (Å²) < 4.78 is 1.95. The molecule has 1 aromatic heterocycles. The van der Waals surface area contributed by atoms with Gasteiger partial charge in [0.25, 0.3) is 0 Å². The molecule has 0 spiro atoms. The molecule has 0 radical (unpaired) electrons. The summed E-state index contributed by atoms with van der Waals surface area (Å²) in [6, 6.07) is 9.03. The summed E-state index contributed by atoms with van der Waals surface area (Å²) in [5.74, 6) is 0. The van der Waals surface area contributed by atoms with Gasteiger partial charge >= 0.3 is 0 Å². The van der Waals surface area contributed by atoms with Crippen LogP contribution in [0, 0.1) is 6.92 Å². The maximum Gasteiger partial charge on any atom is 0.0534 e. The van der Waals surface area contributed by atoms with Gasteiger partial charge in [0.15, 0.2) is 0 Å². The predicted octanol–water partition coefficient (Wildman–Crippen LogP) is 3.06. The van der Waals surface area contributed by atoms with E-state index >= 15 is 0 Å². The minimum Gasteiger partial charge on any atom is -0.306 e. The van der Waals surface area contributed by atoms with Crippen molar-refractivity contribution in [1.82, 2.24) is 15.1 Å². The molecule has 0 unspecified atom stereocenters. The molecule has 0 aliphatic rings. The first-order valence-electron chi connectivity index (χ1n) is 6.50. The Kier molecular flexibility index (Phi) is 4.15. The molecule has 0 saturated heterocycles. The number of hydrogen-bond acceptors (Lipinski definition) is 2. The fraction of sp³-hybridized carbons (Fsp3) is 0.400. The van der Waals surface area contributed by atoms with E-state index in [0.717, 1.165) is 13.1 Å². The summed E-state index contributed by atoms with van der Waals surface area (Å²) in [4.78, 5) is 0. The molecule has 0 amide bonds. The largest absolute Gasteiger partial charge is 0.306 e. The van der Waals surface area contributed by atoms with E-state index in [-0.39, 0.29) is 0 Å². The fourth-order valence-electron chi connectivity index (χ4n) is 1.91. The average molecular weight is 243 g/mol. The lowest BCUT2D eigenvalue weighted by Gasteiger charge is -2.13. The highest BCUT2D eigenvalue weighted by Crippen LogP contribution is 2.13. The number of benzene rings is 1. The van der Waals surface area contributed by atoms with Crippen LogP contribution in [-0.4, -0.2) is 9.78 Å². The topological polar surface area (TPSA) is 29.9 Å². The van der Waals surface area contributed by atoms with Crippen LogP contribution in [0.2, 0.25) is 0 Å². The Bertz CT molecular complexity index is 485. The highest BCUT2D eigenvalue weighted by Gasteiger charge is 2.05. The Morgan fingerprint density at radius 2 is 2.00 bits per heavy atom. The zero-order valence-electron chi connectivity index (χ0n) is 11.4. The third-order valence-electron chi connectivity index (χ3n) is 3.20. The van der Waals surface area contributed by atoms with Crippen molar-refractivity contribution in [1.29, 1.82) is 0 Å². The summed E-state index contributed by atoms with van der Waals surface area (Å²) in [7, 11) is 0. The summed E-state index contributed by atoms with van der Waals surface area (Å²) >= 11 is 0. The normalized spacial score (nSPS) is 12.6. The van der Waals surface area contributed by atoms with Crippen LogP contribution in [0.4, 0.5) is 0 Å². The molecule has 0 aliphatic carbocycles. The van der Waals surface area contributed by atoms with Gasteiger partial charge in [0, 0.05) is 30.9 Å². The maximum atomic E-state index is 4.27. The SMILES string of the molecule is CCn1cc(CN[C@@H](C)c2ccc(C)cc2)cn1. The van der Waals surface area contributed by atoms with Gasteiger partial charge < -0.3 is 5.32 Å². The molecular formula is C15H21N3. The Morgan fingerprint density at radius 3 is 2.61 bits per heavy atom. The molecule has 0 aliphatic heterocycles. The van der Waals surface area contributed by atoms with Crippen molar-refractivity contribution < 1.29 is 0 Å². The third-order valence-corrected chi connectivity index (χ3v) is 3.20. The van der Waals surface area contributed by atoms with E-state index in [2.05, 4.69) is 61.6 Å². The molecule has 96 valence electrons. The molecular weight excluding hydrogens is 222 g/mol. The monoisotopic (exact) mass is 243 g/mol. The highest BCUT2D eigenvalue weighted by atomic mass is 15.3. The first-order chi connectivity index (χ1) is 8.69. The van der Waals surface area contributed by atoms with Crippen molar-refractivity contribution in [3.05, 3.63) is 53.3 Å². The number of aryl methyl sites for hydroxylation is 2. The smallest absolute Gasteiger partial charge is 0.0534 e. The molecule has 3 nitrogen and oxygen atoms in total. The van der Waals surface area contributed by atoms with Crippen LogP contribution in [0.25, 0.3) is 0 Å². The third kappa shape index (κ3) is 3.20. The zero-order valence-corrected chi connectivity index (χ0v) is 11.4. The van der Waals surface area contributed by atoms with E-state index in [0.29, 0.717) is 6.04 Å². The second-order valence-corrected chi connectivity index (χ2v) is 4.72. The summed E-state index contributed by atoms with van der Waals surface area (Å²) in [5.41, 5.74) is 3.86. The van der Waals surface area contributed by atoms with Crippen LogP contribution >= 0.6 is 0 Å². The van der Waals surface area contributed by atoms with Crippen molar-refractivity contribution >= 4 is 0 Å². The van der Waals surface area contributed by atoms with E-state index in [1.165, 1.54) is 16.7 Å². The first kappa shape index (κ1) is 12.8. The number of nitrogens with zero attached hydrogens (tertiary/aromatic N) is 2. The average Bonchev–Trinajstić information content (AvgIpc) is 2.85. The fourth-order valence-corrected chi connectivity index (χ4v) is 1.91. The van der Waals surface area contributed by atoms with Gasteiger partial charge in [-0.1, -0.05) is 29.8 Å². The molecule has 1 heterocycles. The van der Waals surface area contributed by atoms with E-state index in [9.17, 15) is 0 Å². The molecule has 18 heavy (non-hydrogen) atoms. The van der Waals surface area contributed by atoms with Gasteiger partial charge in [-0.2, -0.15) is 5.10 Å². The van der Waals surface area contributed by atoms with Gasteiger partial charge in [-0.15, -0.1) is 0 Å². The van der Waals surface area contributed by atoms with Crippen LogP contribution in [0.15, 0.2) is 36.7 Å². The van der Waals surface area contributed by atoms with E-state index in [1.54, 1.807) is 0 Å². The summed E-state index contributed by atoms with van der Waals surface area (Å²) in [6.45, 7) is 8.18. The highest BCUT2D eigenvalue weighted by molar-refractivity contribution is 5.23. The lowest BCUT2D eigenvalue weighted by molar-refractivity contribution is 0.573. The Balaban J connectivity index is 1.91. The Hall–Kier alpha value is -1.61. The van der Waals surface area contributed by atoms with E-state index in [4.69, 9.17) is 0 Å². The molecule has 0 fully saturated rings. The zero-order chi connectivity index (χ0) is 13.0. The molecule has 2 aromatic rings. The van der Waals surface area contributed by atoms with Crippen molar-refractivity contribution in [3.63, 3.8) is 0 Å². The minimum atomic E-state index is 0.357. The summed E-state index contributed by atoms with van der Waals surface area (Å²) in [6.07, 6.45) is 4.02. The second-order valence-electron chi connectivity index (χ2n) is 4.72. The maximum absolute atomic E-state index is 4.27. The van der Waals surface area contributed by atoms with Crippen molar-refractivity contribution in [3.8, 4) is 0 Å². The molecule has 3 heteroatoms. The summed E-state index contributed by atoms with van der Waals surface area (Å²) in [5, 5.41) is 7.79. The quantitative estimate of drug-likeness (QED) is 0.874. The molecule has 0 bridgehead atoms. The van der Waals surface area contributed by atoms with Crippen LogP contribution in [0.1, 0.15) is 36.6 Å². The Morgan fingerprint density at radius 1 is 1.28 bits per heavy atom. The van der Waals surface area contributed by atoms with Crippen LogP contribution in [0.5, 0.6) is 0 Å². The lowest BCUT2D eigenvalue weighted by atomic mass is 10.1. The van der Waals surface area contributed by atoms with Gasteiger partial charge in [0.1, 0.15) is 0 Å². The number of nitrogens with one attached hydrogen (secondary N) is 1. The predicted molar refractivity (Wildman–Crippen MR) is 74.3 cm³/mol. The minimum absolute atomic E-state index is 0.357. The lowest BCUT2D eigenvalue weighted by Crippen LogP contribution is -2.17. The standard InChI is InChI=1S/C15H21N3/c1-4-18-11-14(10-17-18)9-16-13(3)15-7-5-12(2)6-8-15/h5-8,10-11,13,16H,4,9H2,1-3H3/t13-/m0/s1. The van der Waals surface area contributed by atoms with E-state index < -0.39 is 0 Å². The van der Waals surface area contributed by atoms with Crippen molar-refractivity contribution in [2.24, 2.45) is 0 Å². The molecule has 0 saturated carbocycles. The first-order valence-corrected chi connectivity index (χ1v) is 6.50.